The van der Waals surface area contributed by atoms with Crippen LogP contribution in [-0.2, 0) is 13.0 Å². The molecule has 0 amide bonds. The van der Waals surface area contributed by atoms with E-state index in [0.29, 0.717) is 5.95 Å². The third kappa shape index (κ3) is 3.48. The molecule has 0 saturated carbocycles. The van der Waals surface area contributed by atoms with Gasteiger partial charge in [-0.15, -0.1) is 11.3 Å². The van der Waals surface area contributed by atoms with Crippen LogP contribution in [-0.4, -0.2) is 33.4 Å². The molecule has 6 heteroatoms. The number of thiazole rings is 1. The van der Waals surface area contributed by atoms with Crippen LogP contribution in [0, 0.1) is 6.92 Å². The fraction of sp³-hybridized carbons (Fsp3) is 0.417. The van der Waals surface area contributed by atoms with Gasteiger partial charge in [0.1, 0.15) is 0 Å². The molecular weight excluding hydrogens is 246 g/mol. The van der Waals surface area contributed by atoms with Crippen molar-refractivity contribution in [1.29, 1.82) is 0 Å². The normalized spacial score (nSPS) is 11.1. The maximum Gasteiger partial charge on any atom is 0.219 e. The van der Waals surface area contributed by atoms with E-state index in [1.807, 2.05) is 5.51 Å². The number of hydrogen-bond donors (Lipinski definition) is 1. The Labute approximate surface area is 111 Å². The molecule has 2 rings (SSSR count). The summed E-state index contributed by atoms with van der Waals surface area (Å²) in [5, 5.41) is 0. The van der Waals surface area contributed by atoms with Gasteiger partial charge in [-0.3, -0.25) is 0 Å². The molecule has 0 saturated heterocycles. The molecule has 2 heterocycles. The first-order chi connectivity index (χ1) is 8.65. The standard InChI is InChI=1S/C12H17N5S/c1-9-11(18-8-16-9)3-4-17(2)7-10-5-14-12(13)15-6-10/h5-6,8H,3-4,7H2,1-2H3,(H2,13,14,15). The van der Waals surface area contributed by atoms with Crippen molar-refractivity contribution in [2.75, 3.05) is 19.3 Å². The van der Waals surface area contributed by atoms with E-state index in [2.05, 4.69) is 33.8 Å². The zero-order valence-electron chi connectivity index (χ0n) is 10.6. The first kappa shape index (κ1) is 12.9. The Kier molecular flexibility index (Phi) is 4.22. The lowest BCUT2D eigenvalue weighted by Gasteiger charge is -2.15. The molecule has 0 aromatic carbocycles. The number of anilines is 1. The van der Waals surface area contributed by atoms with Gasteiger partial charge in [0.25, 0.3) is 0 Å². The van der Waals surface area contributed by atoms with Crippen LogP contribution in [0.2, 0.25) is 0 Å². The Morgan fingerprint density at radius 2 is 2.00 bits per heavy atom. The maximum absolute atomic E-state index is 5.46. The number of likely N-dealkylation sites (N-methyl/N-ethyl adjacent to an activating group) is 1. The van der Waals surface area contributed by atoms with E-state index in [9.17, 15) is 0 Å². The van der Waals surface area contributed by atoms with Gasteiger partial charge in [0.2, 0.25) is 5.95 Å². The number of nitrogens with zero attached hydrogens (tertiary/aromatic N) is 4. The Hall–Kier alpha value is -1.53. The molecule has 0 atom stereocenters. The lowest BCUT2D eigenvalue weighted by molar-refractivity contribution is 0.331. The minimum atomic E-state index is 0.321. The zero-order valence-corrected chi connectivity index (χ0v) is 11.4. The summed E-state index contributed by atoms with van der Waals surface area (Å²) >= 11 is 1.72. The SMILES string of the molecule is Cc1ncsc1CCN(C)Cc1cnc(N)nc1. The summed E-state index contributed by atoms with van der Waals surface area (Å²) < 4.78 is 0. The molecule has 96 valence electrons. The van der Waals surface area contributed by atoms with E-state index in [0.717, 1.165) is 30.8 Å². The van der Waals surface area contributed by atoms with Crippen LogP contribution >= 0.6 is 11.3 Å². The van der Waals surface area contributed by atoms with Crippen molar-refractivity contribution >= 4 is 17.3 Å². The molecule has 0 aliphatic rings. The third-order valence-corrected chi connectivity index (χ3v) is 3.74. The zero-order chi connectivity index (χ0) is 13.0. The van der Waals surface area contributed by atoms with Crippen LogP contribution in [0.15, 0.2) is 17.9 Å². The Balaban J connectivity index is 1.83. The molecule has 0 aliphatic carbocycles. The topological polar surface area (TPSA) is 67.9 Å². The Morgan fingerprint density at radius 1 is 1.28 bits per heavy atom. The summed E-state index contributed by atoms with van der Waals surface area (Å²) in [5.41, 5.74) is 9.58. The second-order valence-electron chi connectivity index (χ2n) is 4.30. The second kappa shape index (κ2) is 5.88. The van der Waals surface area contributed by atoms with Crippen molar-refractivity contribution in [3.05, 3.63) is 34.0 Å². The average Bonchev–Trinajstić information content (AvgIpc) is 2.75. The van der Waals surface area contributed by atoms with Crippen molar-refractivity contribution in [1.82, 2.24) is 19.9 Å². The third-order valence-electron chi connectivity index (χ3n) is 2.74. The number of rotatable bonds is 5. The lowest BCUT2D eigenvalue weighted by atomic mass is 10.2. The fourth-order valence-electron chi connectivity index (χ4n) is 1.70. The molecule has 0 spiro atoms. The van der Waals surface area contributed by atoms with Crippen molar-refractivity contribution in [3.8, 4) is 0 Å². The molecule has 2 N–H and O–H groups in total. The van der Waals surface area contributed by atoms with Gasteiger partial charge in [-0.1, -0.05) is 0 Å². The number of hydrogen-bond acceptors (Lipinski definition) is 6. The highest BCUT2D eigenvalue weighted by molar-refractivity contribution is 7.09. The van der Waals surface area contributed by atoms with E-state index in [4.69, 9.17) is 5.73 Å². The van der Waals surface area contributed by atoms with E-state index in [1.54, 1.807) is 23.7 Å². The van der Waals surface area contributed by atoms with E-state index >= 15 is 0 Å². The molecule has 5 nitrogen and oxygen atoms in total. The summed E-state index contributed by atoms with van der Waals surface area (Å²) in [4.78, 5) is 15.8. The van der Waals surface area contributed by atoms with Gasteiger partial charge in [0.15, 0.2) is 0 Å². The predicted molar refractivity (Wildman–Crippen MR) is 73.3 cm³/mol. The van der Waals surface area contributed by atoms with Crippen LogP contribution in [0.25, 0.3) is 0 Å². The van der Waals surface area contributed by atoms with Crippen molar-refractivity contribution < 1.29 is 0 Å². The maximum atomic E-state index is 5.46. The summed E-state index contributed by atoms with van der Waals surface area (Å²) in [6.45, 7) is 3.88. The molecule has 0 bridgehead atoms. The number of aryl methyl sites for hydroxylation is 1. The number of nitrogens with two attached hydrogens (primary N) is 1. The fourth-order valence-corrected chi connectivity index (χ4v) is 2.47. The summed E-state index contributed by atoms with van der Waals surface area (Å²) in [6.07, 6.45) is 4.58. The molecule has 2 aromatic heterocycles. The van der Waals surface area contributed by atoms with Crippen molar-refractivity contribution in [3.63, 3.8) is 0 Å². The van der Waals surface area contributed by atoms with Gasteiger partial charge in [0, 0.05) is 35.9 Å². The summed E-state index contributed by atoms with van der Waals surface area (Å²) in [5.74, 6) is 0.321. The van der Waals surface area contributed by atoms with Crippen LogP contribution in [0.4, 0.5) is 5.95 Å². The van der Waals surface area contributed by atoms with Crippen molar-refractivity contribution in [2.24, 2.45) is 0 Å². The largest absolute Gasteiger partial charge is 0.368 e. The van der Waals surface area contributed by atoms with Crippen LogP contribution < -0.4 is 5.73 Å². The van der Waals surface area contributed by atoms with E-state index < -0.39 is 0 Å². The Morgan fingerprint density at radius 3 is 2.61 bits per heavy atom. The minimum absolute atomic E-state index is 0.321. The van der Waals surface area contributed by atoms with E-state index in [1.165, 1.54) is 4.88 Å². The molecular formula is C12H17N5S. The average molecular weight is 263 g/mol. The monoisotopic (exact) mass is 263 g/mol. The van der Waals surface area contributed by atoms with Gasteiger partial charge < -0.3 is 10.6 Å². The Bertz CT molecular complexity index is 493. The minimum Gasteiger partial charge on any atom is -0.368 e. The van der Waals surface area contributed by atoms with E-state index in [-0.39, 0.29) is 0 Å². The van der Waals surface area contributed by atoms with Crippen molar-refractivity contribution in [2.45, 2.75) is 19.9 Å². The number of nitrogen functional groups attached to an aromatic ring is 1. The molecule has 18 heavy (non-hydrogen) atoms. The van der Waals surface area contributed by atoms with Crippen LogP contribution in [0.1, 0.15) is 16.1 Å². The van der Waals surface area contributed by atoms with Crippen LogP contribution in [0.3, 0.4) is 0 Å². The van der Waals surface area contributed by atoms with Gasteiger partial charge >= 0.3 is 0 Å². The van der Waals surface area contributed by atoms with Gasteiger partial charge in [0.05, 0.1) is 11.2 Å². The highest BCUT2D eigenvalue weighted by Gasteiger charge is 2.05. The first-order valence-corrected chi connectivity index (χ1v) is 6.67. The lowest BCUT2D eigenvalue weighted by Crippen LogP contribution is -2.21. The molecule has 0 fully saturated rings. The molecule has 0 radical (unpaired) electrons. The van der Waals surface area contributed by atoms with Gasteiger partial charge in [-0.25, -0.2) is 15.0 Å². The molecule has 0 aliphatic heterocycles. The first-order valence-electron chi connectivity index (χ1n) is 5.79. The molecule has 2 aromatic rings. The highest BCUT2D eigenvalue weighted by atomic mass is 32.1. The summed E-state index contributed by atoms with van der Waals surface area (Å²) in [6, 6.07) is 0. The smallest absolute Gasteiger partial charge is 0.219 e. The predicted octanol–water partition coefficient (Wildman–Crippen LogP) is 1.50. The van der Waals surface area contributed by atoms with Crippen LogP contribution in [0.5, 0.6) is 0 Å². The second-order valence-corrected chi connectivity index (χ2v) is 5.24. The summed E-state index contributed by atoms with van der Waals surface area (Å²) in [7, 11) is 2.09. The molecule has 0 unspecified atom stereocenters. The highest BCUT2D eigenvalue weighted by Crippen LogP contribution is 2.13. The quantitative estimate of drug-likeness (QED) is 0.885. The van der Waals surface area contributed by atoms with Gasteiger partial charge in [-0.05, 0) is 20.4 Å². The number of aromatic nitrogens is 3. The van der Waals surface area contributed by atoms with Gasteiger partial charge in [-0.2, -0.15) is 0 Å².